The molecule has 0 amide bonds. The van der Waals surface area contributed by atoms with Crippen LogP contribution >= 0.6 is 15.9 Å². The van der Waals surface area contributed by atoms with Gasteiger partial charge in [-0.3, -0.25) is 0 Å². The molecule has 3 nitrogen and oxygen atoms in total. The first-order valence-corrected chi connectivity index (χ1v) is 5.71. The zero-order chi connectivity index (χ0) is 12.0. The van der Waals surface area contributed by atoms with Gasteiger partial charge in [0.2, 0.25) is 0 Å². The van der Waals surface area contributed by atoms with Gasteiger partial charge < -0.3 is 14.8 Å². The topological polar surface area (TPSA) is 30.5 Å². The van der Waals surface area contributed by atoms with E-state index >= 15 is 0 Å². The first-order valence-electron chi connectivity index (χ1n) is 4.92. The molecular formula is C12H16BrNO2. The molecule has 0 radical (unpaired) electrons. The van der Waals surface area contributed by atoms with Crippen LogP contribution in [-0.2, 0) is 6.54 Å². The number of halogens is 1. The molecule has 16 heavy (non-hydrogen) atoms. The van der Waals surface area contributed by atoms with Crippen LogP contribution in [0.25, 0.3) is 0 Å². The van der Waals surface area contributed by atoms with Crippen molar-refractivity contribution >= 4 is 15.9 Å². The van der Waals surface area contributed by atoms with Crippen LogP contribution < -0.4 is 14.8 Å². The summed E-state index contributed by atoms with van der Waals surface area (Å²) >= 11 is 3.30. The largest absolute Gasteiger partial charge is 0.497 e. The maximum absolute atomic E-state index is 5.29. The smallest absolute Gasteiger partial charge is 0.127 e. The van der Waals surface area contributed by atoms with Crippen molar-refractivity contribution < 1.29 is 9.47 Å². The summed E-state index contributed by atoms with van der Waals surface area (Å²) in [5, 5.41) is 3.25. The number of methoxy groups -OCH3 is 2. The third kappa shape index (κ3) is 3.87. The van der Waals surface area contributed by atoms with Crippen LogP contribution in [0.1, 0.15) is 5.56 Å². The second-order valence-electron chi connectivity index (χ2n) is 3.30. The molecule has 88 valence electrons. The highest BCUT2D eigenvalue weighted by molar-refractivity contribution is 9.11. The SMILES string of the molecule is C=C(Br)CNCc1ccc(OC)cc1OC. The van der Waals surface area contributed by atoms with E-state index in [1.165, 1.54) is 0 Å². The van der Waals surface area contributed by atoms with E-state index < -0.39 is 0 Å². The predicted octanol–water partition coefficient (Wildman–Crippen LogP) is 2.70. The molecule has 0 aliphatic carbocycles. The molecule has 0 atom stereocenters. The first kappa shape index (κ1) is 13.1. The number of rotatable bonds is 6. The lowest BCUT2D eigenvalue weighted by Gasteiger charge is -2.10. The fourth-order valence-corrected chi connectivity index (χ4v) is 1.53. The highest BCUT2D eigenvalue weighted by Gasteiger charge is 2.04. The fourth-order valence-electron chi connectivity index (χ4n) is 1.33. The lowest BCUT2D eigenvalue weighted by atomic mass is 10.2. The Kier molecular flexibility index (Phi) is 5.35. The minimum atomic E-state index is 0.731. The third-order valence-electron chi connectivity index (χ3n) is 2.13. The second-order valence-corrected chi connectivity index (χ2v) is 4.42. The van der Waals surface area contributed by atoms with Crippen molar-refractivity contribution in [3.05, 3.63) is 34.8 Å². The van der Waals surface area contributed by atoms with Gasteiger partial charge in [0, 0.05) is 29.2 Å². The van der Waals surface area contributed by atoms with E-state index in [9.17, 15) is 0 Å². The molecule has 0 saturated heterocycles. The Morgan fingerprint density at radius 2 is 2.12 bits per heavy atom. The van der Waals surface area contributed by atoms with Crippen LogP contribution in [0.5, 0.6) is 11.5 Å². The molecule has 0 heterocycles. The highest BCUT2D eigenvalue weighted by Crippen LogP contribution is 2.24. The summed E-state index contributed by atoms with van der Waals surface area (Å²) in [4.78, 5) is 0. The maximum atomic E-state index is 5.29. The number of hydrogen-bond acceptors (Lipinski definition) is 3. The first-order chi connectivity index (χ1) is 7.67. The molecule has 0 aliphatic rings. The lowest BCUT2D eigenvalue weighted by Crippen LogP contribution is -2.15. The van der Waals surface area contributed by atoms with Crippen LogP contribution in [-0.4, -0.2) is 20.8 Å². The Morgan fingerprint density at radius 1 is 1.38 bits per heavy atom. The monoisotopic (exact) mass is 285 g/mol. The zero-order valence-corrected chi connectivity index (χ0v) is 11.1. The summed E-state index contributed by atoms with van der Waals surface area (Å²) in [6, 6.07) is 5.78. The van der Waals surface area contributed by atoms with Crippen LogP contribution in [0, 0.1) is 0 Å². The van der Waals surface area contributed by atoms with Gasteiger partial charge in [-0.1, -0.05) is 28.6 Å². The van der Waals surface area contributed by atoms with Crippen LogP contribution in [0.3, 0.4) is 0 Å². The van der Waals surface area contributed by atoms with Crippen molar-refractivity contribution in [3.8, 4) is 11.5 Å². The summed E-state index contributed by atoms with van der Waals surface area (Å²) in [5.74, 6) is 1.62. The Balaban J connectivity index is 2.68. The molecule has 0 aromatic heterocycles. The minimum Gasteiger partial charge on any atom is -0.497 e. The average molecular weight is 286 g/mol. The van der Waals surface area contributed by atoms with E-state index in [4.69, 9.17) is 9.47 Å². The van der Waals surface area contributed by atoms with Crippen LogP contribution in [0.4, 0.5) is 0 Å². The van der Waals surface area contributed by atoms with E-state index in [0.29, 0.717) is 0 Å². The van der Waals surface area contributed by atoms with E-state index in [1.807, 2.05) is 18.2 Å². The summed E-state index contributed by atoms with van der Waals surface area (Å²) in [6.07, 6.45) is 0. The normalized spacial score (nSPS) is 9.94. The van der Waals surface area contributed by atoms with Gasteiger partial charge in [-0.25, -0.2) is 0 Å². The van der Waals surface area contributed by atoms with Gasteiger partial charge in [0.1, 0.15) is 11.5 Å². The van der Waals surface area contributed by atoms with Gasteiger partial charge in [0.15, 0.2) is 0 Å². The molecule has 1 rings (SSSR count). The summed E-state index contributed by atoms with van der Waals surface area (Å²) in [7, 11) is 3.29. The van der Waals surface area contributed by atoms with Crippen LogP contribution in [0.15, 0.2) is 29.3 Å². The van der Waals surface area contributed by atoms with Crippen LogP contribution in [0.2, 0.25) is 0 Å². The average Bonchev–Trinajstić information content (AvgIpc) is 2.29. The molecule has 0 fully saturated rings. The molecule has 0 aliphatic heterocycles. The van der Waals surface area contributed by atoms with E-state index in [1.54, 1.807) is 14.2 Å². The van der Waals surface area contributed by atoms with Crippen molar-refractivity contribution in [1.82, 2.24) is 5.32 Å². The van der Waals surface area contributed by atoms with Gasteiger partial charge in [0.25, 0.3) is 0 Å². The zero-order valence-electron chi connectivity index (χ0n) is 9.55. The summed E-state index contributed by atoms with van der Waals surface area (Å²) in [6.45, 7) is 5.22. The summed E-state index contributed by atoms with van der Waals surface area (Å²) < 4.78 is 11.4. The van der Waals surface area contributed by atoms with Gasteiger partial charge in [-0.05, 0) is 6.07 Å². The standard InChI is InChI=1S/C12H16BrNO2/c1-9(13)7-14-8-10-4-5-11(15-2)6-12(10)16-3/h4-6,14H,1,7-8H2,2-3H3. The van der Waals surface area contributed by atoms with E-state index in [0.717, 1.165) is 34.6 Å². The fraction of sp³-hybridized carbons (Fsp3) is 0.333. The van der Waals surface area contributed by atoms with Crippen molar-refractivity contribution in [2.45, 2.75) is 6.54 Å². The van der Waals surface area contributed by atoms with Gasteiger partial charge >= 0.3 is 0 Å². The molecule has 0 bridgehead atoms. The van der Waals surface area contributed by atoms with Crippen molar-refractivity contribution in [3.63, 3.8) is 0 Å². The highest BCUT2D eigenvalue weighted by atomic mass is 79.9. The molecule has 1 aromatic rings. The van der Waals surface area contributed by atoms with Crippen molar-refractivity contribution in [2.24, 2.45) is 0 Å². The Bertz CT molecular complexity index is 366. The Labute approximate surface area is 105 Å². The minimum absolute atomic E-state index is 0.731. The van der Waals surface area contributed by atoms with Gasteiger partial charge in [-0.15, -0.1) is 0 Å². The molecule has 0 saturated carbocycles. The third-order valence-corrected chi connectivity index (χ3v) is 2.41. The van der Waals surface area contributed by atoms with E-state index in [-0.39, 0.29) is 0 Å². The van der Waals surface area contributed by atoms with Gasteiger partial charge in [0.05, 0.1) is 14.2 Å². The molecule has 4 heteroatoms. The predicted molar refractivity (Wildman–Crippen MR) is 69.3 cm³/mol. The number of hydrogen-bond donors (Lipinski definition) is 1. The lowest BCUT2D eigenvalue weighted by molar-refractivity contribution is 0.390. The Hall–Kier alpha value is -1.00. The molecule has 1 N–H and O–H groups in total. The number of benzene rings is 1. The maximum Gasteiger partial charge on any atom is 0.127 e. The summed E-state index contributed by atoms with van der Waals surface area (Å²) in [5.41, 5.74) is 1.09. The molecule has 0 spiro atoms. The quantitative estimate of drug-likeness (QED) is 0.872. The Morgan fingerprint density at radius 3 is 2.69 bits per heavy atom. The van der Waals surface area contributed by atoms with Crippen molar-refractivity contribution in [1.29, 1.82) is 0 Å². The van der Waals surface area contributed by atoms with E-state index in [2.05, 4.69) is 27.8 Å². The number of ether oxygens (including phenoxy) is 2. The van der Waals surface area contributed by atoms with Gasteiger partial charge in [-0.2, -0.15) is 0 Å². The second kappa shape index (κ2) is 6.55. The molecule has 0 unspecified atom stereocenters. The number of nitrogens with one attached hydrogen (secondary N) is 1. The molecular weight excluding hydrogens is 270 g/mol. The molecule has 1 aromatic carbocycles. The van der Waals surface area contributed by atoms with Crippen molar-refractivity contribution in [2.75, 3.05) is 20.8 Å².